The zero-order chi connectivity index (χ0) is 19.4. The zero-order valence-corrected chi connectivity index (χ0v) is 17.2. The van der Waals surface area contributed by atoms with Gasteiger partial charge in [-0.3, -0.25) is 14.2 Å². The number of nitrogens with zero attached hydrogens (tertiary/aromatic N) is 4. The van der Waals surface area contributed by atoms with Crippen LogP contribution in [0.1, 0.15) is 29.4 Å². The number of aromatic nitrogens is 4. The lowest BCUT2D eigenvalue weighted by Crippen LogP contribution is -2.08. The van der Waals surface area contributed by atoms with Crippen molar-refractivity contribution >= 4 is 33.6 Å². The molecule has 6 nitrogen and oxygen atoms in total. The fourth-order valence-electron chi connectivity index (χ4n) is 2.69. The average Bonchev–Trinajstić information content (AvgIpc) is 3.22. The van der Waals surface area contributed by atoms with E-state index < -0.39 is 0 Å². The van der Waals surface area contributed by atoms with Crippen molar-refractivity contribution in [2.45, 2.75) is 33.9 Å². The van der Waals surface area contributed by atoms with Gasteiger partial charge in [0.05, 0.1) is 28.6 Å². The summed E-state index contributed by atoms with van der Waals surface area (Å²) in [6, 6.07) is 7.79. The number of aryl methyl sites for hydroxylation is 2. The van der Waals surface area contributed by atoms with Crippen molar-refractivity contribution in [1.82, 2.24) is 19.6 Å². The third kappa shape index (κ3) is 4.74. The van der Waals surface area contributed by atoms with Crippen LogP contribution in [0.4, 0.5) is 5.69 Å². The molecule has 0 aliphatic carbocycles. The normalized spacial score (nSPS) is 11.3. The third-order valence-corrected chi connectivity index (χ3v) is 5.40. The van der Waals surface area contributed by atoms with E-state index in [-0.39, 0.29) is 5.91 Å². The van der Waals surface area contributed by atoms with Crippen molar-refractivity contribution < 1.29 is 4.79 Å². The molecule has 0 aliphatic rings. The predicted octanol–water partition coefficient (Wildman–Crippen LogP) is 4.18. The highest BCUT2D eigenvalue weighted by atomic mass is 79.9. The van der Waals surface area contributed by atoms with Crippen LogP contribution in [0.25, 0.3) is 6.08 Å². The first-order valence-corrected chi connectivity index (χ1v) is 9.55. The highest BCUT2D eigenvalue weighted by molar-refractivity contribution is 9.10. The molecule has 1 amide bonds. The van der Waals surface area contributed by atoms with Gasteiger partial charge in [-0.1, -0.05) is 12.1 Å². The molecule has 0 aliphatic heterocycles. The first-order valence-electron chi connectivity index (χ1n) is 8.76. The summed E-state index contributed by atoms with van der Waals surface area (Å²) in [5.74, 6) is -0.172. The number of amides is 1. The molecule has 0 saturated heterocycles. The molecule has 0 fully saturated rings. The molecular formula is C20H22BrN5O. The number of hydrogen-bond donors (Lipinski definition) is 1. The summed E-state index contributed by atoms with van der Waals surface area (Å²) in [5, 5.41) is 11.6. The van der Waals surface area contributed by atoms with Crippen molar-refractivity contribution in [2.24, 2.45) is 0 Å². The molecule has 140 valence electrons. The van der Waals surface area contributed by atoms with Gasteiger partial charge in [-0.05, 0) is 60.5 Å². The zero-order valence-electron chi connectivity index (χ0n) is 15.6. The second-order valence-corrected chi connectivity index (χ2v) is 7.08. The van der Waals surface area contributed by atoms with E-state index in [1.54, 1.807) is 12.3 Å². The number of rotatable bonds is 6. The maximum Gasteiger partial charge on any atom is 0.248 e. The molecule has 2 aromatic heterocycles. The van der Waals surface area contributed by atoms with Gasteiger partial charge in [0.15, 0.2) is 0 Å². The molecular weight excluding hydrogens is 406 g/mol. The van der Waals surface area contributed by atoms with Crippen LogP contribution < -0.4 is 5.32 Å². The SMILES string of the molecule is CCn1cc(C=CC(=O)Nc2ccc(Cn3nc(C)c(Br)c3C)cc2)cn1. The number of hydrogen-bond acceptors (Lipinski definition) is 3. The molecule has 0 saturated carbocycles. The standard InChI is InChI=1S/C20H22BrN5O/c1-4-25-12-17(11-22-25)7-10-19(27)23-18-8-5-16(6-9-18)13-26-15(3)20(21)14(2)24-26/h5-12H,4,13H2,1-3H3,(H,23,27). The molecule has 2 heterocycles. The Balaban J connectivity index is 1.59. The molecule has 1 N–H and O–H groups in total. The molecule has 3 aromatic rings. The highest BCUT2D eigenvalue weighted by Crippen LogP contribution is 2.21. The van der Waals surface area contributed by atoms with Crippen LogP contribution >= 0.6 is 15.9 Å². The molecule has 0 bridgehead atoms. The van der Waals surface area contributed by atoms with Gasteiger partial charge in [-0.2, -0.15) is 10.2 Å². The Labute approximate surface area is 167 Å². The van der Waals surface area contributed by atoms with Crippen LogP contribution in [0.15, 0.2) is 47.2 Å². The Morgan fingerprint density at radius 2 is 2.00 bits per heavy atom. The van der Waals surface area contributed by atoms with Crippen LogP contribution in [0.3, 0.4) is 0 Å². The number of halogens is 1. The summed E-state index contributed by atoms with van der Waals surface area (Å²) in [6.07, 6.45) is 6.90. The minimum Gasteiger partial charge on any atom is -0.323 e. The molecule has 3 rings (SSSR count). The largest absolute Gasteiger partial charge is 0.323 e. The lowest BCUT2D eigenvalue weighted by atomic mass is 10.2. The first-order chi connectivity index (χ1) is 13.0. The fraction of sp³-hybridized carbons (Fsp3) is 0.250. The third-order valence-electron chi connectivity index (χ3n) is 4.25. The summed E-state index contributed by atoms with van der Waals surface area (Å²) in [7, 11) is 0. The second-order valence-electron chi connectivity index (χ2n) is 6.29. The minimum atomic E-state index is -0.172. The van der Waals surface area contributed by atoms with Crippen molar-refractivity contribution in [3.63, 3.8) is 0 Å². The van der Waals surface area contributed by atoms with Crippen LogP contribution in [-0.4, -0.2) is 25.5 Å². The summed E-state index contributed by atoms with van der Waals surface area (Å²) in [5.41, 5.74) is 4.85. The van der Waals surface area contributed by atoms with Crippen molar-refractivity contribution in [2.75, 3.05) is 5.32 Å². The van der Waals surface area contributed by atoms with Crippen LogP contribution in [0.5, 0.6) is 0 Å². The summed E-state index contributed by atoms with van der Waals surface area (Å²) in [6.45, 7) is 7.53. The van der Waals surface area contributed by atoms with Gasteiger partial charge in [0.25, 0.3) is 0 Å². The van der Waals surface area contributed by atoms with Crippen molar-refractivity contribution in [3.8, 4) is 0 Å². The second kappa shape index (κ2) is 8.35. The maximum atomic E-state index is 12.1. The Morgan fingerprint density at radius 3 is 2.59 bits per heavy atom. The van der Waals surface area contributed by atoms with Crippen molar-refractivity contribution in [3.05, 3.63) is 69.7 Å². The van der Waals surface area contributed by atoms with E-state index in [1.165, 1.54) is 6.08 Å². The fourth-order valence-corrected chi connectivity index (χ4v) is 2.97. The van der Waals surface area contributed by atoms with Gasteiger partial charge in [0, 0.05) is 30.1 Å². The van der Waals surface area contributed by atoms with E-state index in [2.05, 4.69) is 31.4 Å². The number of anilines is 1. The Morgan fingerprint density at radius 1 is 1.26 bits per heavy atom. The van der Waals surface area contributed by atoms with Gasteiger partial charge in [-0.15, -0.1) is 0 Å². The Kier molecular flexibility index (Phi) is 5.91. The van der Waals surface area contributed by atoms with E-state index >= 15 is 0 Å². The van der Waals surface area contributed by atoms with E-state index in [4.69, 9.17) is 0 Å². The van der Waals surface area contributed by atoms with E-state index in [1.807, 2.05) is 60.6 Å². The van der Waals surface area contributed by atoms with Gasteiger partial charge >= 0.3 is 0 Å². The predicted molar refractivity (Wildman–Crippen MR) is 111 cm³/mol. The average molecular weight is 428 g/mol. The monoisotopic (exact) mass is 427 g/mol. The number of carbonyl (C=O) groups is 1. The number of nitrogens with one attached hydrogen (secondary N) is 1. The van der Waals surface area contributed by atoms with Gasteiger partial charge in [0.1, 0.15) is 0 Å². The lowest BCUT2D eigenvalue weighted by molar-refractivity contribution is -0.111. The van der Waals surface area contributed by atoms with Crippen molar-refractivity contribution in [1.29, 1.82) is 0 Å². The molecule has 0 unspecified atom stereocenters. The lowest BCUT2D eigenvalue weighted by Gasteiger charge is -2.07. The number of carbonyl (C=O) groups excluding carboxylic acids is 1. The number of benzene rings is 1. The quantitative estimate of drug-likeness (QED) is 0.600. The van der Waals surface area contributed by atoms with E-state index in [9.17, 15) is 4.79 Å². The summed E-state index contributed by atoms with van der Waals surface area (Å²) < 4.78 is 4.83. The Bertz CT molecular complexity index is 969. The van der Waals surface area contributed by atoms with E-state index in [0.29, 0.717) is 6.54 Å². The first kappa shape index (κ1) is 19.1. The van der Waals surface area contributed by atoms with Crippen LogP contribution in [-0.2, 0) is 17.9 Å². The summed E-state index contributed by atoms with van der Waals surface area (Å²) in [4.78, 5) is 12.1. The van der Waals surface area contributed by atoms with Gasteiger partial charge in [0.2, 0.25) is 5.91 Å². The molecule has 27 heavy (non-hydrogen) atoms. The van der Waals surface area contributed by atoms with Crippen LogP contribution in [0, 0.1) is 13.8 Å². The van der Waals surface area contributed by atoms with Crippen LogP contribution in [0.2, 0.25) is 0 Å². The maximum absolute atomic E-state index is 12.1. The molecule has 0 radical (unpaired) electrons. The summed E-state index contributed by atoms with van der Waals surface area (Å²) >= 11 is 3.55. The molecule has 7 heteroatoms. The highest BCUT2D eigenvalue weighted by Gasteiger charge is 2.09. The molecule has 0 spiro atoms. The smallest absolute Gasteiger partial charge is 0.248 e. The molecule has 0 atom stereocenters. The van der Waals surface area contributed by atoms with Gasteiger partial charge < -0.3 is 5.32 Å². The molecule has 1 aromatic carbocycles. The van der Waals surface area contributed by atoms with Gasteiger partial charge in [-0.25, -0.2) is 0 Å². The Hall–Kier alpha value is -2.67. The van der Waals surface area contributed by atoms with E-state index in [0.717, 1.165) is 39.2 Å². The minimum absolute atomic E-state index is 0.172. The topological polar surface area (TPSA) is 64.7 Å².